The lowest BCUT2D eigenvalue weighted by Gasteiger charge is -2.03. The first-order valence-corrected chi connectivity index (χ1v) is 9.34. The molecular weight excluding hydrogens is 376 g/mol. The molecule has 0 fully saturated rings. The van der Waals surface area contributed by atoms with E-state index in [0.29, 0.717) is 16.1 Å². The second-order valence-electron chi connectivity index (χ2n) is 5.77. The van der Waals surface area contributed by atoms with Crippen molar-refractivity contribution in [3.05, 3.63) is 58.9 Å². The van der Waals surface area contributed by atoms with E-state index in [1.54, 1.807) is 22.8 Å². The first-order chi connectivity index (χ1) is 13.6. The van der Waals surface area contributed by atoms with Gasteiger partial charge in [0, 0.05) is 0 Å². The Morgan fingerprint density at radius 2 is 2.00 bits per heavy atom. The van der Waals surface area contributed by atoms with Gasteiger partial charge >= 0.3 is 5.97 Å². The number of esters is 1. The van der Waals surface area contributed by atoms with E-state index in [0.717, 1.165) is 10.2 Å². The summed E-state index contributed by atoms with van der Waals surface area (Å²) in [5, 5.41) is 0. The second kappa shape index (κ2) is 9.02. The molecule has 3 rings (SSSR count). The predicted octanol–water partition coefficient (Wildman–Crippen LogP) is 3.02. The fourth-order valence-corrected chi connectivity index (χ4v) is 3.67. The number of amides is 1. The standard InChI is InChI=1S/C21H18N2O4S/c1-3-12-23-17-10-9-15(20(25)26-2)14-18(17)28-21(23)22-19(24)11-13-27-16-7-5-4-6-8-16/h1,4-10,14H,11-13H2,2H3. The molecule has 0 atom stereocenters. The minimum atomic E-state index is -0.425. The first-order valence-electron chi connectivity index (χ1n) is 8.53. The first kappa shape index (κ1) is 19.4. The van der Waals surface area contributed by atoms with Crippen molar-refractivity contribution in [3.8, 4) is 18.1 Å². The summed E-state index contributed by atoms with van der Waals surface area (Å²) < 4.78 is 12.9. The highest BCUT2D eigenvalue weighted by molar-refractivity contribution is 7.16. The average Bonchev–Trinajstić information content (AvgIpc) is 3.04. The molecule has 0 unspecified atom stereocenters. The molecule has 142 valence electrons. The van der Waals surface area contributed by atoms with Crippen LogP contribution in [0.4, 0.5) is 0 Å². The van der Waals surface area contributed by atoms with Crippen LogP contribution >= 0.6 is 11.3 Å². The highest BCUT2D eigenvalue weighted by atomic mass is 32.1. The fraction of sp³-hybridized carbons (Fsp3) is 0.190. The molecule has 0 saturated carbocycles. The number of aromatic nitrogens is 1. The third-order valence-electron chi connectivity index (χ3n) is 3.90. The topological polar surface area (TPSA) is 69.9 Å². The Balaban J connectivity index is 1.83. The molecule has 0 radical (unpaired) electrons. The van der Waals surface area contributed by atoms with Crippen molar-refractivity contribution in [1.29, 1.82) is 0 Å². The van der Waals surface area contributed by atoms with Gasteiger partial charge in [-0.25, -0.2) is 4.79 Å². The number of nitrogens with zero attached hydrogens (tertiary/aromatic N) is 2. The van der Waals surface area contributed by atoms with E-state index < -0.39 is 5.97 Å². The Morgan fingerprint density at radius 1 is 1.21 bits per heavy atom. The number of hydrogen-bond donors (Lipinski definition) is 0. The maximum atomic E-state index is 12.3. The van der Waals surface area contributed by atoms with E-state index in [4.69, 9.17) is 15.9 Å². The Bertz CT molecular complexity index is 1110. The van der Waals surface area contributed by atoms with E-state index in [9.17, 15) is 9.59 Å². The smallest absolute Gasteiger partial charge is 0.337 e. The van der Waals surface area contributed by atoms with Crippen molar-refractivity contribution in [2.45, 2.75) is 13.0 Å². The molecule has 0 bridgehead atoms. The third kappa shape index (κ3) is 4.48. The number of terminal acetylenes is 1. The highest BCUT2D eigenvalue weighted by Crippen LogP contribution is 2.20. The van der Waals surface area contributed by atoms with Crippen molar-refractivity contribution >= 4 is 33.4 Å². The number of carbonyl (C=O) groups is 2. The van der Waals surface area contributed by atoms with Crippen LogP contribution < -0.4 is 9.54 Å². The van der Waals surface area contributed by atoms with E-state index in [-0.39, 0.29) is 25.5 Å². The normalized spacial score (nSPS) is 11.2. The van der Waals surface area contributed by atoms with Gasteiger partial charge in [-0.3, -0.25) is 4.79 Å². The molecule has 1 amide bonds. The van der Waals surface area contributed by atoms with Crippen LogP contribution in [0.15, 0.2) is 53.5 Å². The number of thiazole rings is 1. The number of para-hydroxylation sites is 1. The van der Waals surface area contributed by atoms with Crippen LogP contribution in [-0.2, 0) is 16.1 Å². The molecule has 0 spiro atoms. The van der Waals surface area contributed by atoms with Crippen molar-refractivity contribution < 1.29 is 19.1 Å². The van der Waals surface area contributed by atoms with Crippen molar-refractivity contribution in [1.82, 2.24) is 4.57 Å². The summed E-state index contributed by atoms with van der Waals surface area (Å²) in [6.45, 7) is 0.503. The number of hydrogen-bond acceptors (Lipinski definition) is 5. The van der Waals surface area contributed by atoms with Gasteiger partial charge in [0.15, 0.2) is 4.80 Å². The Morgan fingerprint density at radius 3 is 2.71 bits per heavy atom. The third-order valence-corrected chi connectivity index (χ3v) is 4.94. The van der Waals surface area contributed by atoms with E-state index >= 15 is 0 Å². The number of methoxy groups -OCH3 is 1. The van der Waals surface area contributed by atoms with Crippen LogP contribution in [-0.4, -0.2) is 30.2 Å². The van der Waals surface area contributed by atoms with Gasteiger partial charge in [-0.15, -0.1) is 6.42 Å². The minimum Gasteiger partial charge on any atom is -0.493 e. The Hall–Kier alpha value is -3.37. The molecule has 7 heteroatoms. The summed E-state index contributed by atoms with van der Waals surface area (Å²) >= 11 is 1.30. The van der Waals surface area contributed by atoms with Gasteiger partial charge in [-0.2, -0.15) is 4.99 Å². The molecule has 2 aromatic carbocycles. The molecule has 1 heterocycles. The molecule has 1 aromatic heterocycles. The zero-order chi connectivity index (χ0) is 19.9. The second-order valence-corrected chi connectivity index (χ2v) is 6.78. The van der Waals surface area contributed by atoms with Crippen LogP contribution in [0.2, 0.25) is 0 Å². The number of carbonyl (C=O) groups excluding carboxylic acids is 2. The SMILES string of the molecule is C#CCn1c(=NC(=O)CCOc2ccccc2)sc2cc(C(=O)OC)ccc21. The fourth-order valence-electron chi connectivity index (χ4n) is 2.58. The lowest BCUT2D eigenvalue weighted by atomic mass is 10.2. The minimum absolute atomic E-state index is 0.145. The van der Waals surface area contributed by atoms with Crippen molar-refractivity contribution in [2.24, 2.45) is 4.99 Å². The molecule has 0 aliphatic heterocycles. The van der Waals surface area contributed by atoms with E-state index in [2.05, 4.69) is 10.9 Å². The molecule has 0 N–H and O–H groups in total. The van der Waals surface area contributed by atoms with Gasteiger partial charge in [0.05, 0.1) is 42.5 Å². The lowest BCUT2D eigenvalue weighted by Crippen LogP contribution is -2.17. The zero-order valence-corrected chi connectivity index (χ0v) is 16.1. The van der Waals surface area contributed by atoms with Crippen LogP contribution in [0.25, 0.3) is 10.2 Å². The maximum absolute atomic E-state index is 12.3. The van der Waals surface area contributed by atoms with Crippen molar-refractivity contribution in [2.75, 3.05) is 13.7 Å². The monoisotopic (exact) mass is 394 g/mol. The van der Waals surface area contributed by atoms with Gasteiger partial charge in [-0.05, 0) is 30.3 Å². The Labute approximate surface area is 166 Å². The van der Waals surface area contributed by atoms with Crippen LogP contribution in [0.5, 0.6) is 5.75 Å². The van der Waals surface area contributed by atoms with Gasteiger partial charge in [0.1, 0.15) is 5.75 Å². The largest absolute Gasteiger partial charge is 0.493 e. The summed E-state index contributed by atoms with van der Waals surface area (Å²) in [4.78, 5) is 28.7. The highest BCUT2D eigenvalue weighted by Gasteiger charge is 2.11. The molecule has 28 heavy (non-hydrogen) atoms. The summed E-state index contributed by atoms with van der Waals surface area (Å²) in [6.07, 6.45) is 5.61. The van der Waals surface area contributed by atoms with E-state index in [1.807, 2.05) is 30.3 Å². The van der Waals surface area contributed by atoms with Gasteiger partial charge in [0.25, 0.3) is 5.91 Å². The molecule has 6 nitrogen and oxygen atoms in total. The molecule has 3 aromatic rings. The molecular formula is C21H18N2O4S. The number of benzene rings is 2. The number of rotatable bonds is 6. The number of ether oxygens (including phenoxy) is 2. The Kier molecular flexibility index (Phi) is 6.25. The summed E-state index contributed by atoms with van der Waals surface area (Å²) in [5.41, 5.74) is 1.24. The van der Waals surface area contributed by atoms with Crippen LogP contribution in [0.1, 0.15) is 16.8 Å². The number of fused-ring (bicyclic) bond motifs is 1. The summed E-state index contributed by atoms with van der Waals surface area (Å²) in [7, 11) is 1.33. The summed E-state index contributed by atoms with van der Waals surface area (Å²) in [6, 6.07) is 14.4. The van der Waals surface area contributed by atoms with Crippen LogP contribution in [0.3, 0.4) is 0 Å². The molecule has 0 aliphatic carbocycles. The predicted molar refractivity (Wildman–Crippen MR) is 107 cm³/mol. The summed E-state index contributed by atoms with van der Waals surface area (Å²) in [5.74, 6) is 2.55. The van der Waals surface area contributed by atoms with Gasteiger partial charge in [0.2, 0.25) is 0 Å². The molecule has 0 saturated heterocycles. The van der Waals surface area contributed by atoms with Gasteiger partial charge < -0.3 is 14.0 Å². The van der Waals surface area contributed by atoms with Crippen molar-refractivity contribution in [3.63, 3.8) is 0 Å². The lowest BCUT2D eigenvalue weighted by molar-refractivity contribution is -0.118. The maximum Gasteiger partial charge on any atom is 0.337 e. The van der Waals surface area contributed by atoms with Crippen LogP contribution in [0, 0.1) is 12.3 Å². The van der Waals surface area contributed by atoms with Gasteiger partial charge in [-0.1, -0.05) is 35.5 Å². The quantitative estimate of drug-likeness (QED) is 0.476. The average molecular weight is 394 g/mol. The molecule has 0 aliphatic rings. The zero-order valence-electron chi connectivity index (χ0n) is 15.3. The van der Waals surface area contributed by atoms with E-state index in [1.165, 1.54) is 18.4 Å².